The lowest BCUT2D eigenvalue weighted by atomic mass is 10.1. The molecule has 0 aliphatic carbocycles. The standard InChI is InChI=1S/C14H19BrN2OS/c1-3-16-6-7-17(9-10(16)2)14(18)12-5-4-11(15)8-13(12)19/h4-5,8,10,19H,3,6-7,9H2,1-2H3. The number of carbonyl (C=O) groups excluding carboxylic acids is 1. The Bertz CT molecular complexity index is 481. The van der Waals surface area contributed by atoms with Crippen LogP contribution in [0.25, 0.3) is 0 Å². The van der Waals surface area contributed by atoms with Crippen molar-refractivity contribution in [2.75, 3.05) is 26.2 Å². The van der Waals surface area contributed by atoms with E-state index in [2.05, 4.69) is 47.3 Å². The summed E-state index contributed by atoms with van der Waals surface area (Å²) >= 11 is 7.78. The van der Waals surface area contributed by atoms with Gasteiger partial charge in [0.25, 0.3) is 5.91 Å². The fourth-order valence-corrected chi connectivity index (χ4v) is 3.35. The van der Waals surface area contributed by atoms with Gasteiger partial charge in [0.1, 0.15) is 0 Å². The molecule has 0 aromatic heterocycles. The maximum absolute atomic E-state index is 12.5. The van der Waals surface area contributed by atoms with Gasteiger partial charge in [0.05, 0.1) is 5.56 Å². The van der Waals surface area contributed by atoms with Crippen molar-refractivity contribution in [3.63, 3.8) is 0 Å². The van der Waals surface area contributed by atoms with E-state index < -0.39 is 0 Å². The van der Waals surface area contributed by atoms with Gasteiger partial charge in [-0.25, -0.2) is 0 Å². The lowest BCUT2D eigenvalue weighted by Gasteiger charge is -2.39. The zero-order chi connectivity index (χ0) is 14.0. The number of piperazine rings is 1. The van der Waals surface area contributed by atoms with E-state index in [-0.39, 0.29) is 5.91 Å². The number of amides is 1. The molecule has 1 aliphatic rings. The number of hydrogen-bond donors (Lipinski definition) is 1. The summed E-state index contributed by atoms with van der Waals surface area (Å²) in [6.45, 7) is 7.90. The van der Waals surface area contributed by atoms with Gasteiger partial charge in [-0.1, -0.05) is 22.9 Å². The largest absolute Gasteiger partial charge is 0.336 e. The maximum atomic E-state index is 12.5. The van der Waals surface area contributed by atoms with Gasteiger partial charge in [0.2, 0.25) is 0 Å². The van der Waals surface area contributed by atoms with Crippen molar-refractivity contribution < 1.29 is 4.79 Å². The molecule has 1 unspecified atom stereocenters. The molecular formula is C14H19BrN2OS. The van der Waals surface area contributed by atoms with E-state index in [1.807, 2.05) is 23.1 Å². The van der Waals surface area contributed by atoms with Crippen LogP contribution in [0.2, 0.25) is 0 Å². The van der Waals surface area contributed by atoms with Crippen molar-refractivity contribution in [1.29, 1.82) is 0 Å². The predicted octanol–water partition coefficient (Wildman–Crippen LogP) is 2.90. The maximum Gasteiger partial charge on any atom is 0.255 e. The molecule has 1 heterocycles. The van der Waals surface area contributed by atoms with Gasteiger partial charge in [0.15, 0.2) is 0 Å². The van der Waals surface area contributed by atoms with Crippen molar-refractivity contribution in [2.24, 2.45) is 0 Å². The molecular weight excluding hydrogens is 324 g/mol. The number of benzene rings is 1. The molecule has 3 nitrogen and oxygen atoms in total. The molecule has 5 heteroatoms. The Kier molecular flexibility index (Phi) is 4.92. The highest BCUT2D eigenvalue weighted by atomic mass is 79.9. The summed E-state index contributed by atoms with van der Waals surface area (Å²) in [4.78, 5) is 17.6. The van der Waals surface area contributed by atoms with Crippen molar-refractivity contribution in [3.8, 4) is 0 Å². The average molecular weight is 343 g/mol. The third-order valence-corrected chi connectivity index (χ3v) is 4.51. The Hall–Kier alpha value is -0.520. The molecule has 1 saturated heterocycles. The van der Waals surface area contributed by atoms with E-state index in [9.17, 15) is 4.79 Å². The number of hydrogen-bond acceptors (Lipinski definition) is 3. The lowest BCUT2D eigenvalue weighted by Crippen LogP contribution is -2.53. The van der Waals surface area contributed by atoms with Crippen molar-refractivity contribution in [2.45, 2.75) is 24.8 Å². The minimum absolute atomic E-state index is 0.0834. The third kappa shape index (κ3) is 3.33. The Balaban J connectivity index is 2.12. The fourth-order valence-electron chi connectivity index (χ4n) is 2.51. The van der Waals surface area contributed by atoms with Gasteiger partial charge in [-0.05, 0) is 31.7 Å². The molecule has 104 valence electrons. The molecule has 1 amide bonds. The molecule has 0 saturated carbocycles. The first kappa shape index (κ1) is 14.9. The normalized spacial score (nSPS) is 20.6. The van der Waals surface area contributed by atoms with Crippen LogP contribution < -0.4 is 0 Å². The van der Waals surface area contributed by atoms with Crippen LogP contribution in [0.4, 0.5) is 0 Å². The van der Waals surface area contributed by atoms with Crippen LogP contribution in [0, 0.1) is 0 Å². The van der Waals surface area contributed by atoms with E-state index in [0.29, 0.717) is 11.6 Å². The smallest absolute Gasteiger partial charge is 0.255 e. The van der Waals surface area contributed by atoms with E-state index in [0.717, 1.165) is 35.5 Å². The molecule has 1 fully saturated rings. The number of likely N-dealkylation sites (N-methyl/N-ethyl adjacent to an activating group) is 1. The van der Waals surface area contributed by atoms with Crippen LogP contribution in [-0.2, 0) is 0 Å². The van der Waals surface area contributed by atoms with Crippen molar-refractivity contribution in [3.05, 3.63) is 28.2 Å². The summed E-state index contributed by atoms with van der Waals surface area (Å²) in [6.07, 6.45) is 0. The van der Waals surface area contributed by atoms with Crippen LogP contribution in [0.15, 0.2) is 27.6 Å². The first-order valence-electron chi connectivity index (χ1n) is 6.54. The minimum Gasteiger partial charge on any atom is -0.336 e. The van der Waals surface area contributed by atoms with Gasteiger partial charge < -0.3 is 4.90 Å². The summed E-state index contributed by atoms with van der Waals surface area (Å²) in [6, 6.07) is 6.01. The number of nitrogens with zero attached hydrogens (tertiary/aromatic N) is 2. The van der Waals surface area contributed by atoms with Gasteiger partial charge in [-0.3, -0.25) is 9.69 Å². The SMILES string of the molecule is CCN1CCN(C(=O)c2ccc(Br)cc2S)CC1C. The van der Waals surface area contributed by atoms with Gasteiger partial charge in [0, 0.05) is 35.0 Å². The van der Waals surface area contributed by atoms with E-state index in [1.165, 1.54) is 0 Å². The Morgan fingerprint density at radius 3 is 2.79 bits per heavy atom. The molecule has 0 radical (unpaired) electrons. The summed E-state index contributed by atoms with van der Waals surface area (Å²) in [5, 5.41) is 0. The zero-order valence-electron chi connectivity index (χ0n) is 11.3. The third-order valence-electron chi connectivity index (χ3n) is 3.65. The Morgan fingerprint density at radius 2 is 2.21 bits per heavy atom. The van der Waals surface area contributed by atoms with E-state index in [4.69, 9.17) is 0 Å². The minimum atomic E-state index is 0.0834. The van der Waals surface area contributed by atoms with Crippen LogP contribution >= 0.6 is 28.6 Å². The molecule has 1 atom stereocenters. The molecule has 0 spiro atoms. The van der Waals surface area contributed by atoms with Crippen LogP contribution in [-0.4, -0.2) is 47.9 Å². The number of carbonyl (C=O) groups is 1. The van der Waals surface area contributed by atoms with E-state index in [1.54, 1.807) is 0 Å². The number of thiol groups is 1. The molecule has 0 bridgehead atoms. The highest BCUT2D eigenvalue weighted by molar-refractivity contribution is 9.10. The summed E-state index contributed by atoms with van der Waals surface area (Å²) < 4.78 is 0.943. The average Bonchev–Trinajstić information content (AvgIpc) is 2.38. The van der Waals surface area contributed by atoms with Gasteiger partial charge >= 0.3 is 0 Å². The molecule has 1 aromatic carbocycles. The van der Waals surface area contributed by atoms with E-state index >= 15 is 0 Å². The second-order valence-electron chi connectivity index (χ2n) is 4.89. The fraction of sp³-hybridized carbons (Fsp3) is 0.500. The van der Waals surface area contributed by atoms with Crippen molar-refractivity contribution >= 4 is 34.5 Å². The molecule has 0 N–H and O–H groups in total. The van der Waals surface area contributed by atoms with Crippen molar-refractivity contribution in [1.82, 2.24) is 9.80 Å². The second-order valence-corrected chi connectivity index (χ2v) is 6.29. The highest BCUT2D eigenvalue weighted by Crippen LogP contribution is 2.22. The quantitative estimate of drug-likeness (QED) is 0.835. The Morgan fingerprint density at radius 1 is 1.47 bits per heavy atom. The van der Waals surface area contributed by atoms with Crippen LogP contribution in [0.3, 0.4) is 0 Å². The molecule has 2 rings (SSSR count). The van der Waals surface area contributed by atoms with Gasteiger partial charge in [-0.15, -0.1) is 12.6 Å². The lowest BCUT2D eigenvalue weighted by molar-refractivity contribution is 0.0525. The molecule has 19 heavy (non-hydrogen) atoms. The number of rotatable bonds is 2. The highest BCUT2D eigenvalue weighted by Gasteiger charge is 2.27. The van der Waals surface area contributed by atoms with Crippen LogP contribution in [0.1, 0.15) is 24.2 Å². The summed E-state index contributed by atoms with van der Waals surface area (Å²) in [7, 11) is 0. The zero-order valence-corrected chi connectivity index (χ0v) is 13.7. The Labute approximate surface area is 128 Å². The molecule has 1 aliphatic heterocycles. The number of halogens is 1. The second kappa shape index (κ2) is 6.29. The molecule has 1 aromatic rings. The monoisotopic (exact) mass is 342 g/mol. The summed E-state index contributed by atoms with van der Waals surface area (Å²) in [5.74, 6) is 0.0834. The topological polar surface area (TPSA) is 23.6 Å². The predicted molar refractivity (Wildman–Crippen MR) is 84.0 cm³/mol. The van der Waals surface area contributed by atoms with Crippen LogP contribution in [0.5, 0.6) is 0 Å². The first-order valence-corrected chi connectivity index (χ1v) is 7.78. The first-order chi connectivity index (χ1) is 9.02. The summed E-state index contributed by atoms with van der Waals surface area (Å²) in [5.41, 5.74) is 0.684. The van der Waals surface area contributed by atoms with Gasteiger partial charge in [-0.2, -0.15) is 0 Å².